The van der Waals surface area contributed by atoms with E-state index in [0.29, 0.717) is 6.42 Å². The second-order valence-corrected chi connectivity index (χ2v) is 4.18. The van der Waals surface area contributed by atoms with Gasteiger partial charge < -0.3 is 15.5 Å². The largest absolute Gasteiger partial charge is 0.481 e. The summed E-state index contributed by atoms with van der Waals surface area (Å²) < 4.78 is 0. The Labute approximate surface area is 105 Å². The topological polar surface area (TPSA) is 86.6 Å². The SMILES string of the molecule is Cc1cccc(CC(NCCC(=O)O)C(=O)O)c1. The molecule has 0 fully saturated rings. The van der Waals surface area contributed by atoms with Gasteiger partial charge in [0.1, 0.15) is 6.04 Å². The molecule has 1 aromatic carbocycles. The molecule has 3 N–H and O–H groups in total. The van der Waals surface area contributed by atoms with Crippen molar-refractivity contribution in [1.29, 1.82) is 0 Å². The minimum atomic E-state index is -0.970. The molecule has 0 amide bonds. The average Bonchev–Trinajstić information content (AvgIpc) is 2.27. The molecular formula is C13H17NO4. The maximum absolute atomic E-state index is 11.1. The third-order valence-corrected chi connectivity index (χ3v) is 2.55. The maximum atomic E-state index is 11.1. The predicted octanol–water partition coefficient (Wildman–Crippen LogP) is 1.06. The Kier molecular flexibility index (Phi) is 5.32. The van der Waals surface area contributed by atoms with Crippen molar-refractivity contribution in [3.8, 4) is 0 Å². The van der Waals surface area contributed by atoms with Crippen LogP contribution in [0.2, 0.25) is 0 Å². The second-order valence-electron chi connectivity index (χ2n) is 4.18. The molecule has 1 aromatic rings. The number of aliphatic carboxylic acids is 2. The Hall–Kier alpha value is -1.88. The fourth-order valence-corrected chi connectivity index (χ4v) is 1.67. The van der Waals surface area contributed by atoms with Gasteiger partial charge in [-0.1, -0.05) is 29.8 Å². The highest BCUT2D eigenvalue weighted by atomic mass is 16.4. The van der Waals surface area contributed by atoms with E-state index in [1.54, 1.807) is 0 Å². The van der Waals surface area contributed by atoms with Crippen LogP contribution in [0.15, 0.2) is 24.3 Å². The van der Waals surface area contributed by atoms with Crippen LogP contribution in [0, 0.1) is 6.92 Å². The van der Waals surface area contributed by atoms with Gasteiger partial charge in [-0.05, 0) is 18.9 Å². The molecule has 18 heavy (non-hydrogen) atoms. The van der Waals surface area contributed by atoms with Gasteiger partial charge in [0.2, 0.25) is 0 Å². The number of nitrogens with one attached hydrogen (secondary N) is 1. The van der Waals surface area contributed by atoms with Gasteiger partial charge in [0, 0.05) is 6.54 Å². The summed E-state index contributed by atoms with van der Waals surface area (Å²) in [5.41, 5.74) is 1.99. The molecule has 5 heteroatoms. The number of rotatable bonds is 7. The van der Waals surface area contributed by atoms with Crippen molar-refractivity contribution in [2.75, 3.05) is 6.54 Å². The Morgan fingerprint density at radius 2 is 2.06 bits per heavy atom. The van der Waals surface area contributed by atoms with Crippen LogP contribution in [-0.2, 0) is 16.0 Å². The molecule has 0 aliphatic heterocycles. The van der Waals surface area contributed by atoms with Crippen molar-refractivity contribution in [2.45, 2.75) is 25.8 Å². The molecule has 0 saturated heterocycles. The Morgan fingerprint density at radius 1 is 1.33 bits per heavy atom. The summed E-state index contributed by atoms with van der Waals surface area (Å²) >= 11 is 0. The molecule has 1 unspecified atom stereocenters. The lowest BCUT2D eigenvalue weighted by molar-refractivity contribution is -0.140. The maximum Gasteiger partial charge on any atom is 0.321 e. The van der Waals surface area contributed by atoms with E-state index in [1.807, 2.05) is 31.2 Å². The highest BCUT2D eigenvalue weighted by molar-refractivity contribution is 5.74. The summed E-state index contributed by atoms with van der Waals surface area (Å²) in [5.74, 6) is -1.91. The van der Waals surface area contributed by atoms with Gasteiger partial charge in [0.05, 0.1) is 6.42 Å². The van der Waals surface area contributed by atoms with Crippen LogP contribution >= 0.6 is 0 Å². The highest BCUT2D eigenvalue weighted by Gasteiger charge is 2.17. The summed E-state index contributed by atoms with van der Waals surface area (Å²) in [6.07, 6.45) is 0.258. The lowest BCUT2D eigenvalue weighted by atomic mass is 10.0. The van der Waals surface area contributed by atoms with E-state index in [1.165, 1.54) is 0 Å². The third-order valence-electron chi connectivity index (χ3n) is 2.55. The van der Waals surface area contributed by atoms with Crippen molar-refractivity contribution < 1.29 is 19.8 Å². The standard InChI is InChI=1S/C13H17NO4/c1-9-3-2-4-10(7-9)8-11(13(17)18)14-6-5-12(15)16/h2-4,7,11,14H,5-6,8H2,1H3,(H,15,16)(H,17,18). The van der Waals surface area contributed by atoms with Crippen LogP contribution in [0.5, 0.6) is 0 Å². The normalized spacial score (nSPS) is 12.1. The first-order chi connectivity index (χ1) is 8.49. The zero-order chi connectivity index (χ0) is 13.5. The number of hydrogen-bond donors (Lipinski definition) is 3. The van der Waals surface area contributed by atoms with E-state index in [9.17, 15) is 9.59 Å². The van der Waals surface area contributed by atoms with E-state index < -0.39 is 18.0 Å². The molecule has 1 atom stereocenters. The summed E-state index contributed by atoms with van der Waals surface area (Å²) in [4.78, 5) is 21.4. The molecule has 5 nitrogen and oxygen atoms in total. The third kappa shape index (κ3) is 4.97. The summed E-state index contributed by atoms with van der Waals surface area (Å²) in [5, 5.41) is 20.3. The van der Waals surface area contributed by atoms with Crippen molar-refractivity contribution in [2.24, 2.45) is 0 Å². The van der Waals surface area contributed by atoms with Gasteiger partial charge in [0.15, 0.2) is 0 Å². The zero-order valence-corrected chi connectivity index (χ0v) is 10.2. The molecule has 0 saturated carbocycles. The van der Waals surface area contributed by atoms with Gasteiger partial charge in [-0.3, -0.25) is 9.59 Å². The van der Waals surface area contributed by atoms with E-state index in [-0.39, 0.29) is 13.0 Å². The fourth-order valence-electron chi connectivity index (χ4n) is 1.67. The van der Waals surface area contributed by atoms with Crippen LogP contribution in [0.3, 0.4) is 0 Å². The highest BCUT2D eigenvalue weighted by Crippen LogP contribution is 2.07. The number of benzene rings is 1. The van der Waals surface area contributed by atoms with E-state index in [4.69, 9.17) is 10.2 Å². The quantitative estimate of drug-likeness (QED) is 0.674. The molecule has 1 rings (SSSR count). The lowest BCUT2D eigenvalue weighted by Gasteiger charge is -2.14. The van der Waals surface area contributed by atoms with Crippen LogP contribution < -0.4 is 5.32 Å². The van der Waals surface area contributed by atoms with Crippen molar-refractivity contribution in [3.05, 3.63) is 35.4 Å². The Bertz CT molecular complexity index is 431. The molecule has 0 aliphatic rings. The molecule has 0 heterocycles. The van der Waals surface area contributed by atoms with Crippen molar-refractivity contribution in [3.63, 3.8) is 0 Å². The number of hydrogen-bond acceptors (Lipinski definition) is 3. The molecule has 0 radical (unpaired) electrons. The number of carboxylic acids is 2. The first-order valence-electron chi connectivity index (χ1n) is 5.72. The number of carboxylic acid groups (broad SMARTS) is 2. The number of aryl methyl sites for hydroxylation is 1. The molecule has 0 bridgehead atoms. The van der Waals surface area contributed by atoms with Crippen LogP contribution in [0.1, 0.15) is 17.5 Å². The molecule has 0 aliphatic carbocycles. The first-order valence-corrected chi connectivity index (χ1v) is 5.72. The summed E-state index contributed by atoms with van der Waals surface area (Å²) in [7, 11) is 0. The van der Waals surface area contributed by atoms with Crippen LogP contribution in [0.4, 0.5) is 0 Å². The van der Waals surface area contributed by atoms with Gasteiger partial charge in [0.25, 0.3) is 0 Å². The van der Waals surface area contributed by atoms with Crippen molar-refractivity contribution >= 4 is 11.9 Å². The second kappa shape index (κ2) is 6.76. The molecule has 98 valence electrons. The van der Waals surface area contributed by atoms with E-state index in [2.05, 4.69) is 5.32 Å². The minimum absolute atomic E-state index is 0.0857. The first kappa shape index (κ1) is 14.2. The van der Waals surface area contributed by atoms with Gasteiger partial charge in [-0.25, -0.2) is 0 Å². The van der Waals surface area contributed by atoms with Crippen LogP contribution in [0.25, 0.3) is 0 Å². The van der Waals surface area contributed by atoms with E-state index >= 15 is 0 Å². The summed E-state index contributed by atoms with van der Waals surface area (Å²) in [6.45, 7) is 2.09. The summed E-state index contributed by atoms with van der Waals surface area (Å²) in [6, 6.07) is 6.85. The molecule has 0 spiro atoms. The van der Waals surface area contributed by atoms with E-state index in [0.717, 1.165) is 11.1 Å². The number of carbonyl (C=O) groups is 2. The fraction of sp³-hybridized carbons (Fsp3) is 0.385. The van der Waals surface area contributed by atoms with Gasteiger partial charge in [-0.15, -0.1) is 0 Å². The lowest BCUT2D eigenvalue weighted by Crippen LogP contribution is -2.39. The van der Waals surface area contributed by atoms with Crippen molar-refractivity contribution in [1.82, 2.24) is 5.32 Å². The smallest absolute Gasteiger partial charge is 0.321 e. The zero-order valence-electron chi connectivity index (χ0n) is 10.2. The van der Waals surface area contributed by atoms with Crippen LogP contribution in [-0.4, -0.2) is 34.7 Å². The van der Waals surface area contributed by atoms with Gasteiger partial charge in [-0.2, -0.15) is 0 Å². The monoisotopic (exact) mass is 251 g/mol. The molecular weight excluding hydrogens is 234 g/mol. The predicted molar refractivity (Wildman–Crippen MR) is 66.6 cm³/mol. The Balaban J connectivity index is 2.57. The molecule has 0 aromatic heterocycles. The average molecular weight is 251 g/mol. The Morgan fingerprint density at radius 3 is 2.61 bits per heavy atom. The van der Waals surface area contributed by atoms with Gasteiger partial charge >= 0.3 is 11.9 Å². The minimum Gasteiger partial charge on any atom is -0.481 e.